The van der Waals surface area contributed by atoms with Crippen molar-refractivity contribution in [1.82, 2.24) is 9.78 Å². The molecule has 1 aliphatic rings. The van der Waals surface area contributed by atoms with E-state index in [9.17, 15) is 0 Å². The zero-order valence-corrected chi connectivity index (χ0v) is 34.2. The average Bonchev–Trinajstić information content (AvgIpc) is 3.76. The number of aromatic nitrogens is 2. The number of rotatable bonds is 7. The van der Waals surface area contributed by atoms with E-state index in [2.05, 4.69) is 184 Å². The van der Waals surface area contributed by atoms with E-state index in [1.54, 1.807) is 0 Å². The predicted octanol–water partition coefficient (Wildman–Crippen LogP) is 11.4. The van der Waals surface area contributed by atoms with Gasteiger partial charge in [-0.3, -0.25) is 4.68 Å². The molecule has 0 bridgehead atoms. The number of benzene rings is 4. The molecule has 4 aromatic carbocycles. The van der Waals surface area contributed by atoms with E-state index in [-0.39, 0.29) is 42.7 Å². The van der Waals surface area contributed by atoms with E-state index in [4.69, 9.17) is 9.84 Å². The van der Waals surface area contributed by atoms with Gasteiger partial charge in [-0.2, -0.15) is 11.2 Å². The fourth-order valence-electron chi connectivity index (χ4n) is 5.98. The molecule has 0 saturated carbocycles. The molecule has 0 radical (unpaired) electrons. The standard InChI is InChI=1S/C45H51N4O.Pt/c1-42(2,3)33-22-34(43(4,5)6)24-38(23-33)48-21-20-47(31-48)37-18-15-19-40(27-37)50-41-26-35(44(7,8)9)25-39(28-41)49-30-36(29-46-49)45(10,11)32-16-13-12-14-17-32;/h12-26,29-31H,1-11H3;/q-3;. The summed E-state index contributed by atoms with van der Waals surface area (Å²) in [7, 11) is 0. The van der Waals surface area contributed by atoms with Gasteiger partial charge in [0.15, 0.2) is 0 Å². The second-order valence-corrected chi connectivity index (χ2v) is 17.0. The first-order valence-corrected chi connectivity index (χ1v) is 17.5. The van der Waals surface area contributed by atoms with Crippen LogP contribution in [0.2, 0.25) is 0 Å². The van der Waals surface area contributed by atoms with Gasteiger partial charge in [0, 0.05) is 55.4 Å². The molecule has 5 nitrogen and oxygen atoms in total. The van der Waals surface area contributed by atoms with Gasteiger partial charge in [-0.15, -0.1) is 54.3 Å². The van der Waals surface area contributed by atoms with Crippen LogP contribution in [0.25, 0.3) is 5.69 Å². The molecule has 2 heterocycles. The van der Waals surface area contributed by atoms with Crippen molar-refractivity contribution in [2.45, 2.75) is 97.8 Å². The summed E-state index contributed by atoms with van der Waals surface area (Å²) < 4.78 is 8.41. The van der Waals surface area contributed by atoms with Crippen LogP contribution in [0.15, 0.2) is 104 Å². The molecular formula is C45H51N4OPt-3. The molecule has 0 saturated heterocycles. The van der Waals surface area contributed by atoms with Crippen molar-refractivity contribution in [2.24, 2.45) is 0 Å². The minimum absolute atomic E-state index is 0. The Hall–Kier alpha value is -4.08. The summed E-state index contributed by atoms with van der Waals surface area (Å²) in [5, 5.41) is 4.78. The Morgan fingerprint density at radius 3 is 1.78 bits per heavy atom. The maximum atomic E-state index is 6.51. The first-order chi connectivity index (χ1) is 23.4. The minimum atomic E-state index is -0.198. The maximum absolute atomic E-state index is 6.51. The van der Waals surface area contributed by atoms with Crippen molar-refractivity contribution in [2.75, 3.05) is 9.80 Å². The van der Waals surface area contributed by atoms with Crippen LogP contribution in [0.3, 0.4) is 0 Å². The number of ether oxygens (including phenoxy) is 1. The number of hydrogen-bond acceptors (Lipinski definition) is 4. The SMILES string of the molecule is CC(C)(C)c1cc(Oc2[c-]c(N3C=CN(c4cc(C(C)(C)C)cc(C(C)(C)C)c4)[CH-]3)ccc2)[c-]c(-n2cc(C(C)(C)c3ccccc3)cn2)c1.[Pt]. The van der Waals surface area contributed by atoms with E-state index in [1.165, 1.54) is 16.7 Å². The molecule has 0 spiro atoms. The normalized spacial score (nSPS) is 13.8. The van der Waals surface area contributed by atoms with Crippen LogP contribution in [0, 0.1) is 18.8 Å². The summed E-state index contributed by atoms with van der Waals surface area (Å²) in [6.45, 7) is 26.8. The number of hydrogen-bond donors (Lipinski definition) is 0. The fraction of sp³-hybridized carbons (Fsp3) is 0.333. The number of nitrogens with zero attached hydrogens (tertiary/aromatic N) is 4. The maximum Gasteiger partial charge on any atom is 0.0534 e. The molecule has 270 valence electrons. The van der Waals surface area contributed by atoms with Crippen LogP contribution < -0.4 is 14.5 Å². The molecule has 0 amide bonds. The third-order valence-corrected chi connectivity index (χ3v) is 9.58. The Bertz CT molecular complexity index is 1970. The smallest absolute Gasteiger partial charge is 0.0534 e. The summed E-state index contributed by atoms with van der Waals surface area (Å²) in [5.41, 5.74) is 8.78. The van der Waals surface area contributed by atoms with Crippen molar-refractivity contribution in [3.05, 3.63) is 150 Å². The molecule has 0 aliphatic carbocycles. The molecule has 1 aliphatic heterocycles. The second-order valence-electron chi connectivity index (χ2n) is 17.0. The summed E-state index contributed by atoms with van der Waals surface area (Å²) in [6, 6.07) is 34.7. The van der Waals surface area contributed by atoms with Crippen LogP contribution in [0.5, 0.6) is 11.5 Å². The van der Waals surface area contributed by atoms with Gasteiger partial charge in [-0.05, 0) is 63.2 Å². The minimum Gasteiger partial charge on any atom is -0.509 e. The summed E-state index contributed by atoms with van der Waals surface area (Å²) in [5.74, 6) is 1.24. The van der Waals surface area contributed by atoms with Gasteiger partial charge in [0.05, 0.1) is 6.20 Å². The van der Waals surface area contributed by atoms with Gasteiger partial charge in [0.2, 0.25) is 0 Å². The van der Waals surface area contributed by atoms with Gasteiger partial charge in [-0.25, -0.2) is 0 Å². The summed E-state index contributed by atoms with van der Waals surface area (Å²) in [6.07, 6.45) is 8.21. The van der Waals surface area contributed by atoms with Crippen molar-refractivity contribution < 1.29 is 25.8 Å². The third-order valence-electron chi connectivity index (χ3n) is 9.58. The van der Waals surface area contributed by atoms with Gasteiger partial charge < -0.3 is 14.5 Å². The van der Waals surface area contributed by atoms with Gasteiger partial charge in [0.1, 0.15) is 0 Å². The molecular weight excluding hydrogens is 808 g/mol. The first-order valence-electron chi connectivity index (χ1n) is 17.5. The Morgan fingerprint density at radius 1 is 0.569 bits per heavy atom. The van der Waals surface area contributed by atoms with Crippen LogP contribution in [-0.4, -0.2) is 9.78 Å². The van der Waals surface area contributed by atoms with E-state index < -0.39 is 0 Å². The van der Waals surface area contributed by atoms with Crippen LogP contribution in [0.4, 0.5) is 11.4 Å². The van der Waals surface area contributed by atoms with E-state index in [0.717, 1.165) is 28.2 Å². The Labute approximate surface area is 320 Å². The fourth-order valence-corrected chi connectivity index (χ4v) is 5.98. The zero-order chi connectivity index (χ0) is 36.1. The van der Waals surface area contributed by atoms with E-state index in [0.29, 0.717) is 11.5 Å². The van der Waals surface area contributed by atoms with Crippen LogP contribution in [-0.2, 0) is 42.7 Å². The largest absolute Gasteiger partial charge is 0.509 e. The van der Waals surface area contributed by atoms with E-state index in [1.807, 2.05) is 29.1 Å². The molecule has 6 rings (SSSR count). The molecule has 0 N–H and O–H groups in total. The molecule has 0 atom stereocenters. The summed E-state index contributed by atoms with van der Waals surface area (Å²) in [4.78, 5) is 4.25. The molecule has 0 fully saturated rings. The molecule has 6 heteroatoms. The average molecular weight is 859 g/mol. The van der Waals surface area contributed by atoms with E-state index >= 15 is 0 Å². The predicted molar refractivity (Wildman–Crippen MR) is 207 cm³/mol. The molecule has 5 aromatic rings. The quantitative estimate of drug-likeness (QED) is 0.153. The van der Waals surface area contributed by atoms with Crippen LogP contribution in [0.1, 0.15) is 104 Å². The molecule has 1 aromatic heterocycles. The van der Waals surface area contributed by atoms with Crippen molar-refractivity contribution in [3.63, 3.8) is 0 Å². The molecule has 51 heavy (non-hydrogen) atoms. The Kier molecular flexibility index (Phi) is 10.6. The zero-order valence-electron chi connectivity index (χ0n) is 31.9. The molecule has 0 unspecified atom stereocenters. The first kappa shape index (κ1) is 38.2. The van der Waals surface area contributed by atoms with Crippen molar-refractivity contribution in [3.8, 4) is 17.2 Å². The van der Waals surface area contributed by atoms with Crippen LogP contribution >= 0.6 is 0 Å². The number of anilines is 2. The topological polar surface area (TPSA) is 33.5 Å². The third kappa shape index (κ3) is 8.53. The van der Waals surface area contributed by atoms with Gasteiger partial charge in [0.25, 0.3) is 0 Å². The van der Waals surface area contributed by atoms with Gasteiger partial charge >= 0.3 is 0 Å². The van der Waals surface area contributed by atoms with Crippen molar-refractivity contribution >= 4 is 11.4 Å². The Morgan fingerprint density at radius 2 is 1.16 bits per heavy atom. The monoisotopic (exact) mass is 858 g/mol. The van der Waals surface area contributed by atoms with Crippen molar-refractivity contribution in [1.29, 1.82) is 0 Å². The Balaban J connectivity index is 0.00000504. The summed E-state index contributed by atoms with van der Waals surface area (Å²) >= 11 is 0. The second kappa shape index (κ2) is 14.1. The van der Waals surface area contributed by atoms with Gasteiger partial charge in [-0.1, -0.05) is 113 Å².